The van der Waals surface area contributed by atoms with Crippen LogP contribution < -0.4 is 88.7 Å². The Labute approximate surface area is 220 Å². The summed E-state index contributed by atoms with van der Waals surface area (Å²) in [5.41, 5.74) is 0. The topological polar surface area (TPSA) is 249 Å². The molecule has 2 N–H and O–H groups in total. The molecule has 1 heterocycles. The standard InChI is InChI=1S/C6H12O15S3.3Na/c7-3-2(1-18-22(9,10)11)19-6(8)5(21-24(15,16)17)4(3)20-23(12,13)14;;;/h2-8H,1H2,(H,9,10,11)(H,12,13,14)(H,15,16,17);;;/q;3*+1/p-3/t2?,3-,4?,5?,6?;;;/m1.../s1. The average Bonchev–Trinajstić information content (AvgIpc) is 2.32. The molecule has 1 aliphatic heterocycles. The molecule has 0 bridgehead atoms. The van der Waals surface area contributed by atoms with Crippen LogP contribution in [0.1, 0.15) is 0 Å². The quantitative estimate of drug-likeness (QED) is 0.192. The normalized spacial score (nSPS) is 29.0. The van der Waals surface area contributed by atoms with Crippen molar-refractivity contribution in [1.82, 2.24) is 0 Å². The van der Waals surface area contributed by atoms with Gasteiger partial charge in [-0.2, -0.15) is 0 Å². The van der Waals surface area contributed by atoms with Crippen LogP contribution in [0.2, 0.25) is 0 Å². The Morgan fingerprint density at radius 1 is 0.778 bits per heavy atom. The van der Waals surface area contributed by atoms with Crippen molar-refractivity contribution in [3.8, 4) is 0 Å². The summed E-state index contributed by atoms with van der Waals surface area (Å²) in [6.45, 7) is -1.26. The van der Waals surface area contributed by atoms with Crippen LogP contribution in [-0.4, -0.2) is 86.4 Å². The molecular weight excluding hydrogens is 477 g/mol. The molecule has 21 heteroatoms. The molecule has 0 aromatic carbocycles. The van der Waals surface area contributed by atoms with Crippen molar-refractivity contribution in [2.24, 2.45) is 0 Å². The zero-order valence-corrected chi connectivity index (χ0v) is 22.5. The van der Waals surface area contributed by atoms with Gasteiger partial charge in [-0.1, -0.05) is 0 Å². The Morgan fingerprint density at radius 3 is 1.56 bits per heavy atom. The minimum absolute atomic E-state index is 0. The molecule has 1 rings (SSSR count). The van der Waals surface area contributed by atoms with Crippen LogP contribution in [0.3, 0.4) is 0 Å². The van der Waals surface area contributed by atoms with Gasteiger partial charge in [0, 0.05) is 0 Å². The van der Waals surface area contributed by atoms with Crippen molar-refractivity contribution >= 4 is 31.2 Å². The molecule has 0 aromatic heterocycles. The van der Waals surface area contributed by atoms with Gasteiger partial charge in [0.05, 0.1) is 6.61 Å². The Bertz CT molecular complexity index is 750. The van der Waals surface area contributed by atoms with Crippen LogP contribution in [0.4, 0.5) is 0 Å². The summed E-state index contributed by atoms with van der Waals surface area (Å²) >= 11 is 0. The molecule has 1 fully saturated rings. The fourth-order valence-electron chi connectivity index (χ4n) is 1.68. The number of aliphatic hydroxyl groups excluding tert-OH is 2. The van der Waals surface area contributed by atoms with E-state index >= 15 is 0 Å². The summed E-state index contributed by atoms with van der Waals surface area (Å²) in [7, 11) is -16.5. The molecule has 0 radical (unpaired) electrons. The molecule has 144 valence electrons. The number of hydrogen-bond acceptors (Lipinski definition) is 15. The van der Waals surface area contributed by atoms with Gasteiger partial charge in [-0.05, 0) is 0 Å². The van der Waals surface area contributed by atoms with E-state index in [4.69, 9.17) is 0 Å². The van der Waals surface area contributed by atoms with E-state index in [1.807, 2.05) is 0 Å². The first-order valence-corrected chi connectivity index (χ1v) is 9.49. The van der Waals surface area contributed by atoms with Crippen molar-refractivity contribution in [3.05, 3.63) is 0 Å². The van der Waals surface area contributed by atoms with E-state index in [1.54, 1.807) is 0 Å². The van der Waals surface area contributed by atoms with Crippen LogP contribution in [-0.2, 0) is 48.5 Å². The molecule has 0 amide bonds. The minimum Gasteiger partial charge on any atom is -0.726 e. The summed E-state index contributed by atoms with van der Waals surface area (Å²) < 4.78 is 110. The first-order valence-electron chi connectivity index (χ1n) is 5.49. The van der Waals surface area contributed by atoms with Gasteiger partial charge >= 0.3 is 88.7 Å². The maximum absolute atomic E-state index is 10.6. The van der Waals surface area contributed by atoms with E-state index in [2.05, 4.69) is 17.3 Å². The van der Waals surface area contributed by atoms with E-state index in [1.165, 1.54) is 0 Å². The SMILES string of the molecule is O=S(=O)([O-])OCC1OC(O)C(OS(=O)(=O)[O-])C(OS(=O)(=O)[O-])[C@@H]1O.[Na+].[Na+].[Na+]. The molecule has 0 aliphatic carbocycles. The van der Waals surface area contributed by atoms with E-state index in [9.17, 15) is 49.1 Å². The number of ether oxygens (including phenoxy) is 1. The molecule has 27 heavy (non-hydrogen) atoms. The maximum Gasteiger partial charge on any atom is 1.00 e. The summed E-state index contributed by atoms with van der Waals surface area (Å²) in [5.74, 6) is 0. The first kappa shape index (κ1) is 34.1. The second-order valence-corrected chi connectivity index (χ2v) is 7.26. The number of aliphatic hydroxyl groups is 2. The van der Waals surface area contributed by atoms with Crippen LogP contribution >= 0.6 is 0 Å². The minimum atomic E-state index is -5.61. The zero-order chi connectivity index (χ0) is 18.9. The fourth-order valence-corrected chi connectivity index (χ4v) is 2.95. The number of hydrogen-bond donors (Lipinski definition) is 2. The van der Waals surface area contributed by atoms with E-state index in [0.29, 0.717) is 0 Å². The predicted molar refractivity (Wildman–Crippen MR) is 61.7 cm³/mol. The molecule has 1 saturated heterocycles. The van der Waals surface area contributed by atoms with E-state index in [0.717, 1.165) is 0 Å². The van der Waals surface area contributed by atoms with Crippen molar-refractivity contribution in [2.45, 2.75) is 30.7 Å². The molecule has 1 aliphatic rings. The Balaban J connectivity index is -0.00000192. The van der Waals surface area contributed by atoms with E-state index < -0.39 is 68.5 Å². The van der Waals surface area contributed by atoms with Gasteiger partial charge in [-0.3, -0.25) is 12.5 Å². The molecule has 4 unspecified atom stereocenters. The van der Waals surface area contributed by atoms with Crippen LogP contribution in [0, 0.1) is 0 Å². The average molecular weight is 486 g/mol. The van der Waals surface area contributed by atoms with Crippen molar-refractivity contribution in [3.63, 3.8) is 0 Å². The van der Waals surface area contributed by atoms with Gasteiger partial charge in [0.15, 0.2) is 12.4 Å². The third kappa shape index (κ3) is 13.5. The molecule has 0 saturated carbocycles. The van der Waals surface area contributed by atoms with Crippen molar-refractivity contribution < 1.29 is 155 Å². The second kappa shape index (κ2) is 13.1. The van der Waals surface area contributed by atoms with Crippen LogP contribution in [0.5, 0.6) is 0 Å². The molecule has 0 aromatic rings. The third-order valence-corrected chi connectivity index (χ3v) is 3.81. The summed E-state index contributed by atoms with van der Waals surface area (Å²) in [6, 6.07) is 0. The second-order valence-electron chi connectivity index (χ2n) is 4.19. The van der Waals surface area contributed by atoms with Crippen LogP contribution in [0.25, 0.3) is 0 Å². The predicted octanol–water partition coefficient (Wildman–Crippen LogP) is -13.8. The van der Waals surface area contributed by atoms with Gasteiger partial charge in [0.25, 0.3) is 0 Å². The summed E-state index contributed by atoms with van der Waals surface area (Å²) in [5, 5.41) is 19.3. The maximum atomic E-state index is 10.6. The zero-order valence-electron chi connectivity index (χ0n) is 14.0. The molecule has 5 atom stereocenters. The fraction of sp³-hybridized carbons (Fsp3) is 1.00. The van der Waals surface area contributed by atoms with Gasteiger partial charge in [-0.15, -0.1) is 0 Å². The Kier molecular flexibility index (Phi) is 16.6. The Hall–Kier alpha value is 2.49. The van der Waals surface area contributed by atoms with Gasteiger partial charge in [-0.25, -0.2) is 25.3 Å². The van der Waals surface area contributed by atoms with Crippen molar-refractivity contribution in [1.29, 1.82) is 0 Å². The smallest absolute Gasteiger partial charge is 0.726 e. The largest absolute Gasteiger partial charge is 1.00 e. The summed E-state index contributed by atoms with van der Waals surface area (Å²) in [4.78, 5) is 0. The summed E-state index contributed by atoms with van der Waals surface area (Å²) in [6.07, 6.45) is -11.8. The Morgan fingerprint density at radius 2 is 1.19 bits per heavy atom. The van der Waals surface area contributed by atoms with E-state index in [-0.39, 0.29) is 88.7 Å². The monoisotopic (exact) mass is 486 g/mol. The van der Waals surface area contributed by atoms with Crippen molar-refractivity contribution in [2.75, 3.05) is 6.61 Å². The first-order chi connectivity index (χ1) is 10.6. The molecular formula is C6H9Na3O15S3. The third-order valence-electron chi connectivity index (χ3n) is 2.47. The number of rotatable bonds is 7. The van der Waals surface area contributed by atoms with Gasteiger partial charge in [0.2, 0.25) is 31.2 Å². The van der Waals surface area contributed by atoms with Crippen LogP contribution in [0.15, 0.2) is 0 Å². The molecule has 0 spiro atoms. The molecule has 15 nitrogen and oxygen atoms in total. The van der Waals surface area contributed by atoms with Gasteiger partial charge < -0.3 is 28.6 Å². The van der Waals surface area contributed by atoms with Gasteiger partial charge in [0.1, 0.15) is 18.3 Å².